The summed E-state index contributed by atoms with van der Waals surface area (Å²) in [4.78, 5) is 32.3. The third-order valence-electron chi connectivity index (χ3n) is 6.57. The zero-order chi connectivity index (χ0) is 30.0. The molecule has 0 amide bonds. The molecule has 1 aromatic heterocycles. The van der Waals surface area contributed by atoms with Gasteiger partial charge in [-0.3, -0.25) is 9.36 Å². The molecule has 0 N–H and O–H groups in total. The van der Waals surface area contributed by atoms with Crippen molar-refractivity contribution in [3.05, 3.63) is 121 Å². The van der Waals surface area contributed by atoms with Gasteiger partial charge in [-0.05, 0) is 84.0 Å². The minimum absolute atomic E-state index is 0.187. The molecule has 2 heterocycles. The molecule has 3 aromatic carbocycles. The third kappa shape index (κ3) is 6.22. The number of rotatable bonds is 8. The number of methoxy groups -OCH3 is 1. The number of esters is 1. The normalized spacial score (nSPS) is 14.8. The van der Waals surface area contributed by atoms with Gasteiger partial charge in [0.1, 0.15) is 12.6 Å². The maximum absolute atomic E-state index is 14.1. The van der Waals surface area contributed by atoms with Crippen LogP contribution in [0.2, 0.25) is 5.02 Å². The Balaban J connectivity index is 1.67. The van der Waals surface area contributed by atoms with E-state index in [1.54, 1.807) is 45.2 Å². The molecule has 0 spiro atoms. The van der Waals surface area contributed by atoms with E-state index in [0.717, 1.165) is 13.6 Å². The second-order valence-electron chi connectivity index (χ2n) is 9.27. The van der Waals surface area contributed by atoms with Crippen molar-refractivity contribution in [2.75, 3.05) is 13.7 Å². The Hall–Kier alpha value is -2.93. The van der Waals surface area contributed by atoms with Crippen LogP contribution in [0.5, 0.6) is 11.5 Å². The summed E-state index contributed by atoms with van der Waals surface area (Å²) in [5, 5.41) is 0.430. The monoisotopic (exact) mass is 778 g/mol. The molecule has 216 valence electrons. The van der Waals surface area contributed by atoms with Crippen molar-refractivity contribution in [2.24, 2.45) is 4.99 Å². The van der Waals surface area contributed by atoms with Crippen LogP contribution in [0.1, 0.15) is 36.6 Å². The summed E-state index contributed by atoms with van der Waals surface area (Å²) in [6, 6.07) is 18.0. The van der Waals surface area contributed by atoms with Gasteiger partial charge in [0.2, 0.25) is 0 Å². The van der Waals surface area contributed by atoms with Crippen LogP contribution in [-0.4, -0.2) is 24.3 Å². The lowest BCUT2D eigenvalue weighted by atomic mass is 9.96. The highest BCUT2D eigenvalue weighted by Gasteiger charge is 2.34. The van der Waals surface area contributed by atoms with Crippen molar-refractivity contribution in [3.8, 4) is 11.5 Å². The molecule has 0 saturated heterocycles. The van der Waals surface area contributed by atoms with Crippen molar-refractivity contribution in [2.45, 2.75) is 26.5 Å². The average Bonchev–Trinajstić information content (AvgIpc) is 3.26. The summed E-state index contributed by atoms with van der Waals surface area (Å²) in [6.07, 6.45) is 1.78. The van der Waals surface area contributed by atoms with Crippen LogP contribution in [0, 0.1) is 3.57 Å². The molecule has 0 fully saturated rings. The second kappa shape index (κ2) is 13.2. The number of halogens is 3. The van der Waals surface area contributed by atoms with E-state index in [0.29, 0.717) is 49.3 Å². The zero-order valence-corrected chi connectivity index (χ0v) is 28.1. The van der Waals surface area contributed by atoms with Gasteiger partial charge in [-0.15, -0.1) is 0 Å². The fourth-order valence-electron chi connectivity index (χ4n) is 4.66. The number of carbonyl (C=O) groups is 1. The van der Waals surface area contributed by atoms with Gasteiger partial charge >= 0.3 is 5.97 Å². The van der Waals surface area contributed by atoms with Crippen molar-refractivity contribution >= 4 is 73.5 Å². The van der Waals surface area contributed by atoms with Crippen LogP contribution in [0.4, 0.5) is 0 Å². The van der Waals surface area contributed by atoms with Crippen molar-refractivity contribution in [3.63, 3.8) is 0 Å². The van der Waals surface area contributed by atoms with Crippen molar-refractivity contribution < 1.29 is 19.0 Å². The van der Waals surface area contributed by atoms with Gasteiger partial charge in [-0.2, -0.15) is 0 Å². The average molecular weight is 780 g/mol. The third-order valence-corrected chi connectivity index (χ3v) is 9.05. The second-order valence-corrected chi connectivity index (χ2v) is 12.8. The molecular weight excluding hydrogens is 755 g/mol. The molecule has 42 heavy (non-hydrogen) atoms. The van der Waals surface area contributed by atoms with Crippen LogP contribution in [-0.2, 0) is 16.1 Å². The van der Waals surface area contributed by atoms with E-state index in [2.05, 4.69) is 43.5 Å². The fourth-order valence-corrected chi connectivity index (χ4v) is 6.82. The minimum atomic E-state index is -0.797. The molecule has 5 rings (SSSR count). The number of aromatic nitrogens is 1. The number of nitrogens with zero attached hydrogens (tertiary/aromatic N) is 2. The number of thiazole rings is 1. The number of ether oxygens (including phenoxy) is 3. The molecule has 11 heteroatoms. The standard InChI is InChI=1S/C31H25BrClIN2O5S/c1-4-40-30(38)26-17(2)35-31-36(27(26)22-7-5-6-8-23(22)33)29(37)25(42-31)14-19-13-21(34)15-24(39-3)28(19)41-16-18-9-11-20(32)12-10-18/h5-15,27H,4,16H2,1-3H3/b25-14-/t27-/m1/s1. The molecule has 0 aliphatic carbocycles. The Morgan fingerprint density at radius 3 is 2.62 bits per heavy atom. The summed E-state index contributed by atoms with van der Waals surface area (Å²) in [5.74, 6) is 0.522. The number of carbonyl (C=O) groups excluding carboxylic acids is 1. The van der Waals surface area contributed by atoms with Gasteiger partial charge in [0, 0.05) is 18.6 Å². The number of benzene rings is 3. The Morgan fingerprint density at radius 1 is 1.19 bits per heavy atom. The lowest BCUT2D eigenvalue weighted by Gasteiger charge is -2.25. The first kappa shape index (κ1) is 30.5. The Morgan fingerprint density at radius 2 is 1.93 bits per heavy atom. The number of hydrogen-bond donors (Lipinski definition) is 0. The smallest absolute Gasteiger partial charge is 0.338 e. The van der Waals surface area contributed by atoms with E-state index in [-0.39, 0.29) is 17.7 Å². The first-order valence-corrected chi connectivity index (χ1v) is 16.0. The van der Waals surface area contributed by atoms with E-state index < -0.39 is 12.0 Å². The van der Waals surface area contributed by atoms with Crippen LogP contribution in [0.25, 0.3) is 6.08 Å². The summed E-state index contributed by atoms with van der Waals surface area (Å²) >= 11 is 13.5. The van der Waals surface area contributed by atoms with E-state index in [1.807, 2.05) is 42.5 Å². The van der Waals surface area contributed by atoms with E-state index in [1.165, 1.54) is 15.9 Å². The Bertz CT molecular complexity index is 1880. The maximum atomic E-state index is 14.1. The maximum Gasteiger partial charge on any atom is 0.338 e. The summed E-state index contributed by atoms with van der Waals surface area (Å²) in [5.41, 5.74) is 2.70. The molecule has 0 bridgehead atoms. The number of allylic oxidation sites excluding steroid dienone is 1. The first-order valence-electron chi connectivity index (χ1n) is 12.9. The first-order chi connectivity index (χ1) is 20.2. The molecular formula is C31H25BrClIN2O5S. The van der Waals surface area contributed by atoms with E-state index in [9.17, 15) is 9.59 Å². The number of fused-ring (bicyclic) bond motifs is 1. The van der Waals surface area contributed by atoms with Gasteiger partial charge in [-0.25, -0.2) is 9.79 Å². The minimum Gasteiger partial charge on any atom is -0.493 e. The molecule has 7 nitrogen and oxygen atoms in total. The molecule has 0 unspecified atom stereocenters. The number of hydrogen-bond acceptors (Lipinski definition) is 7. The van der Waals surface area contributed by atoms with Gasteiger partial charge in [-0.1, -0.05) is 69.2 Å². The SMILES string of the molecule is CCOC(=O)C1=C(C)N=c2s/c(=C\c3cc(I)cc(OC)c3OCc3ccc(Br)cc3)c(=O)n2[C@@H]1c1ccccc1Cl. The fraction of sp³-hybridized carbons (Fsp3) is 0.194. The molecule has 4 aromatic rings. The van der Waals surface area contributed by atoms with Crippen molar-refractivity contribution in [1.29, 1.82) is 0 Å². The lowest BCUT2D eigenvalue weighted by molar-refractivity contribution is -0.139. The molecule has 1 atom stereocenters. The highest BCUT2D eigenvalue weighted by Crippen LogP contribution is 2.36. The summed E-state index contributed by atoms with van der Waals surface area (Å²) < 4.78 is 21.1. The quantitative estimate of drug-likeness (QED) is 0.153. The Labute approximate surface area is 273 Å². The van der Waals surface area contributed by atoms with Crippen LogP contribution >= 0.6 is 61.5 Å². The molecule has 0 radical (unpaired) electrons. The predicted octanol–water partition coefficient (Wildman–Crippen LogP) is 6.41. The predicted molar refractivity (Wildman–Crippen MR) is 176 cm³/mol. The summed E-state index contributed by atoms with van der Waals surface area (Å²) in [7, 11) is 1.58. The highest BCUT2D eigenvalue weighted by molar-refractivity contribution is 14.1. The molecule has 0 saturated carbocycles. The lowest BCUT2D eigenvalue weighted by Crippen LogP contribution is -2.40. The molecule has 1 aliphatic heterocycles. The van der Waals surface area contributed by atoms with Crippen LogP contribution in [0.15, 0.2) is 86.2 Å². The zero-order valence-electron chi connectivity index (χ0n) is 22.8. The van der Waals surface area contributed by atoms with Gasteiger partial charge < -0.3 is 14.2 Å². The van der Waals surface area contributed by atoms with Gasteiger partial charge in [0.15, 0.2) is 16.3 Å². The largest absolute Gasteiger partial charge is 0.493 e. The van der Waals surface area contributed by atoms with Crippen molar-refractivity contribution in [1.82, 2.24) is 4.57 Å². The van der Waals surface area contributed by atoms with E-state index >= 15 is 0 Å². The van der Waals surface area contributed by atoms with Crippen LogP contribution < -0.4 is 24.4 Å². The van der Waals surface area contributed by atoms with Gasteiger partial charge in [0.25, 0.3) is 5.56 Å². The molecule has 1 aliphatic rings. The summed E-state index contributed by atoms with van der Waals surface area (Å²) in [6.45, 7) is 3.97. The topological polar surface area (TPSA) is 79.1 Å². The van der Waals surface area contributed by atoms with E-state index in [4.69, 9.17) is 25.8 Å². The van der Waals surface area contributed by atoms with Crippen LogP contribution in [0.3, 0.4) is 0 Å². The van der Waals surface area contributed by atoms with Gasteiger partial charge in [0.05, 0.1) is 29.5 Å². The Kier molecular flexibility index (Phi) is 9.56. The highest BCUT2D eigenvalue weighted by atomic mass is 127.